The highest BCUT2D eigenvalue weighted by Gasteiger charge is 2.32. The van der Waals surface area contributed by atoms with Gasteiger partial charge in [0, 0.05) is 10.4 Å². The Morgan fingerprint density at radius 3 is 2.56 bits per heavy atom. The van der Waals surface area contributed by atoms with Crippen LogP contribution in [-0.4, -0.2) is 23.9 Å². The largest absolute Gasteiger partial charge is 0.457 e. The van der Waals surface area contributed by atoms with Gasteiger partial charge in [-0.25, -0.2) is 0 Å². The molecule has 1 aliphatic rings. The number of carbonyl (C=O) groups is 1. The van der Waals surface area contributed by atoms with E-state index in [9.17, 15) is 4.79 Å². The van der Waals surface area contributed by atoms with Gasteiger partial charge in [-0.05, 0) is 73.1 Å². The fraction of sp³-hybridized carbons (Fsp3) is 0.269. The summed E-state index contributed by atoms with van der Waals surface area (Å²) in [7, 11) is 0. The Hall–Kier alpha value is -2.60. The van der Waals surface area contributed by atoms with Crippen molar-refractivity contribution in [3.05, 3.63) is 87.3 Å². The zero-order valence-corrected chi connectivity index (χ0v) is 19.5. The van der Waals surface area contributed by atoms with Crippen molar-refractivity contribution >= 4 is 45.5 Å². The van der Waals surface area contributed by atoms with E-state index in [-0.39, 0.29) is 11.9 Å². The number of hydrogen-bond acceptors (Lipinski definition) is 4. The van der Waals surface area contributed by atoms with Crippen molar-refractivity contribution in [2.75, 3.05) is 18.4 Å². The van der Waals surface area contributed by atoms with Gasteiger partial charge < -0.3 is 9.73 Å². The Morgan fingerprint density at radius 2 is 1.84 bits per heavy atom. The molecule has 0 spiro atoms. The number of halogens is 1. The summed E-state index contributed by atoms with van der Waals surface area (Å²) in [6.45, 7) is 4.26. The van der Waals surface area contributed by atoms with Gasteiger partial charge in [0.05, 0.1) is 16.6 Å². The van der Waals surface area contributed by atoms with E-state index in [2.05, 4.69) is 29.3 Å². The Bertz CT molecular complexity index is 1210. The van der Waals surface area contributed by atoms with Crippen molar-refractivity contribution in [1.29, 1.82) is 0 Å². The second kappa shape index (κ2) is 9.10. The molecular formula is C26H25ClN2O2S. The molecule has 1 saturated heterocycles. The molecule has 6 heteroatoms. The van der Waals surface area contributed by atoms with E-state index in [1.54, 1.807) is 0 Å². The van der Waals surface area contributed by atoms with Crippen molar-refractivity contribution in [2.45, 2.75) is 25.8 Å². The number of rotatable bonds is 5. The average Bonchev–Trinajstić information content (AvgIpc) is 3.46. The van der Waals surface area contributed by atoms with Gasteiger partial charge in [-0.3, -0.25) is 9.69 Å². The molecule has 2 aromatic heterocycles. The maximum Gasteiger partial charge on any atom is 0.265 e. The highest BCUT2D eigenvalue weighted by Crippen LogP contribution is 2.42. The summed E-state index contributed by atoms with van der Waals surface area (Å²) in [5.41, 5.74) is 2.63. The van der Waals surface area contributed by atoms with Crippen LogP contribution in [0.4, 0.5) is 5.69 Å². The Labute approximate surface area is 196 Å². The van der Waals surface area contributed by atoms with Crippen molar-refractivity contribution < 1.29 is 9.21 Å². The standard InChI is InChI=1S/C26H25ClN2O2S/c1-17-12-14-29(15-13-17)24(18-8-10-19(27)11-9-18)25-23(20-5-2-3-6-21(20)31-25)28-26(30)22-7-4-16-32-22/h2-11,16-17,24H,12-15H2,1H3,(H,28,30)/t24-/m0/s1. The van der Waals surface area contributed by atoms with Crippen LogP contribution in [0.1, 0.15) is 46.8 Å². The third-order valence-corrected chi connectivity index (χ3v) is 7.34. The predicted molar refractivity (Wildman–Crippen MR) is 132 cm³/mol. The van der Waals surface area contributed by atoms with E-state index in [1.807, 2.05) is 53.9 Å². The minimum absolute atomic E-state index is 0.106. The predicted octanol–water partition coefficient (Wildman–Crippen LogP) is 7.22. The molecular weight excluding hydrogens is 440 g/mol. The summed E-state index contributed by atoms with van der Waals surface area (Å²) in [5.74, 6) is 1.37. The normalized spacial score (nSPS) is 16.3. The van der Waals surface area contributed by atoms with Crippen LogP contribution in [0.3, 0.4) is 0 Å². The van der Waals surface area contributed by atoms with Crippen molar-refractivity contribution in [3.8, 4) is 0 Å². The van der Waals surface area contributed by atoms with Gasteiger partial charge >= 0.3 is 0 Å². The number of carbonyl (C=O) groups excluding carboxylic acids is 1. The van der Waals surface area contributed by atoms with Gasteiger partial charge in [-0.2, -0.15) is 0 Å². The molecule has 2 aromatic carbocycles. The Kier molecular flexibility index (Phi) is 6.05. The highest BCUT2D eigenvalue weighted by atomic mass is 35.5. The average molecular weight is 465 g/mol. The number of amides is 1. The molecule has 0 aliphatic carbocycles. The molecule has 1 fully saturated rings. The van der Waals surface area contributed by atoms with Gasteiger partial charge in [-0.1, -0.05) is 48.9 Å². The monoisotopic (exact) mass is 464 g/mol. The van der Waals surface area contributed by atoms with Crippen molar-refractivity contribution in [3.63, 3.8) is 0 Å². The van der Waals surface area contributed by atoms with E-state index >= 15 is 0 Å². The summed E-state index contributed by atoms with van der Waals surface area (Å²) >= 11 is 7.63. The van der Waals surface area contributed by atoms with E-state index in [0.717, 1.165) is 53.9 Å². The number of anilines is 1. The Balaban J connectivity index is 1.63. The Morgan fingerprint density at radius 1 is 1.09 bits per heavy atom. The third kappa shape index (κ3) is 4.20. The van der Waals surface area contributed by atoms with Crippen molar-refractivity contribution in [2.24, 2.45) is 5.92 Å². The molecule has 1 aliphatic heterocycles. The first-order chi connectivity index (χ1) is 15.6. The molecule has 4 aromatic rings. The summed E-state index contributed by atoms with van der Waals surface area (Å²) in [6.07, 6.45) is 2.28. The first-order valence-corrected chi connectivity index (χ1v) is 12.2. The number of likely N-dealkylation sites (tertiary alicyclic amines) is 1. The number of nitrogens with zero attached hydrogens (tertiary/aromatic N) is 1. The molecule has 3 heterocycles. The molecule has 0 saturated carbocycles. The van der Waals surface area contributed by atoms with Crippen LogP contribution >= 0.6 is 22.9 Å². The highest BCUT2D eigenvalue weighted by molar-refractivity contribution is 7.12. The van der Waals surface area contributed by atoms with Crippen molar-refractivity contribution in [1.82, 2.24) is 4.90 Å². The molecule has 5 rings (SSSR count). The molecule has 1 atom stereocenters. The van der Waals surface area contributed by atoms with Crippen LogP contribution in [0, 0.1) is 5.92 Å². The second-order valence-corrected chi connectivity index (χ2v) is 9.83. The van der Waals surface area contributed by atoms with Gasteiger partial charge in [-0.15, -0.1) is 11.3 Å². The minimum atomic E-state index is -0.116. The van der Waals surface area contributed by atoms with E-state index in [0.29, 0.717) is 15.8 Å². The molecule has 0 radical (unpaired) electrons. The summed E-state index contributed by atoms with van der Waals surface area (Å²) in [5, 5.41) is 6.70. The lowest BCUT2D eigenvalue weighted by atomic mass is 9.94. The van der Waals surface area contributed by atoms with Gasteiger partial charge in [0.1, 0.15) is 11.3 Å². The molecule has 1 N–H and O–H groups in total. The van der Waals surface area contributed by atoms with E-state index in [4.69, 9.17) is 16.0 Å². The lowest BCUT2D eigenvalue weighted by molar-refractivity contribution is 0.102. The minimum Gasteiger partial charge on any atom is -0.457 e. The van der Waals surface area contributed by atoms with Gasteiger partial charge in [0.2, 0.25) is 0 Å². The number of benzene rings is 2. The first-order valence-electron chi connectivity index (χ1n) is 11.0. The summed E-state index contributed by atoms with van der Waals surface area (Å²) in [6, 6.07) is 19.5. The number of thiophene rings is 1. The topological polar surface area (TPSA) is 45.5 Å². The number of para-hydroxylation sites is 1. The molecule has 0 unspecified atom stereocenters. The molecule has 4 nitrogen and oxygen atoms in total. The number of hydrogen-bond donors (Lipinski definition) is 1. The van der Waals surface area contributed by atoms with Gasteiger partial charge in [0.15, 0.2) is 0 Å². The number of piperidine rings is 1. The van der Waals surface area contributed by atoms with Crippen LogP contribution in [0.25, 0.3) is 11.0 Å². The van der Waals surface area contributed by atoms with Crippen LogP contribution in [0.5, 0.6) is 0 Å². The fourth-order valence-corrected chi connectivity index (χ4v) is 5.17. The summed E-state index contributed by atoms with van der Waals surface area (Å²) in [4.78, 5) is 16.2. The van der Waals surface area contributed by atoms with Gasteiger partial charge in [0.25, 0.3) is 5.91 Å². The smallest absolute Gasteiger partial charge is 0.265 e. The number of fused-ring (bicyclic) bond motifs is 1. The maximum absolute atomic E-state index is 13.0. The first kappa shape index (κ1) is 21.3. The maximum atomic E-state index is 13.0. The zero-order chi connectivity index (χ0) is 22.1. The third-order valence-electron chi connectivity index (χ3n) is 6.22. The van der Waals surface area contributed by atoms with Crippen LogP contribution in [0.15, 0.2) is 70.5 Å². The van der Waals surface area contributed by atoms with E-state index in [1.165, 1.54) is 11.3 Å². The molecule has 164 valence electrons. The number of nitrogens with one attached hydrogen (secondary N) is 1. The molecule has 1 amide bonds. The quantitative estimate of drug-likeness (QED) is 0.339. The number of furan rings is 1. The second-order valence-electron chi connectivity index (χ2n) is 8.44. The van der Waals surface area contributed by atoms with Crippen LogP contribution in [0.2, 0.25) is 5.02 Å². The lowest BCUT2D eigenvalue weighted by Crippen LogP contribution is -2.37. The lowest BCUT2D eigenvalue weighted by Gasteiger charge is -2.36. The molecule has 0 bridgehead atoms. The van der Waals surface area contributed by atoms with E-state index < -0.39 is 0 Å². The SMILES string of the molecule is CC1CCN([C@@H](c2ccc(Cl)cc2)c2oc3ccccc3c2NC(=O)c2cccs2)CC1. The van der Waals surface area contributed by atoms with Crippen LogP contribution in [-0.2, 0) is 0 Å². The fourth-order valence-electron chi connectivity index (χ4n) is 4.43. The van der Waals surface area contributed by atoms with Crippen LogP contribution < -0.4 is 5.32 Å². The summed E-state index contributed by atoms with van der Waals surface area (Å²) < 4.78 is 6.46. The zero-order valence-electron chi connectivity index (χ0n) is 17.9. The molecule has 32 heavy (non-hydrogen) atoms.